The maximum absolute atomic E-state index is 11.4. The van der Waals surface area contributed by atoms with Crippen LogP contribution in [-0.4, -0.2) is 87.6 Å². The minimum Gasteiger partial charge on any atom is -0.388 e. The minimum absolute atomic E-state index is 0.439. The lowest BCUT2D eigenvalue weighted by molar-refractivity contribution is -0.315. The van der Waals surface area contributed by atoms with Crippen molar-refractivity contribution < 1.29 is 39.4 Å². The number of hydrogen-bond donors (Lipinski definition) is 6. The van der Waals surface area contributed by atoms with E-state index in [4.69, 9.17) is 19.9 Å². The van der Waals surface area contributed by atoms with E-state index in [9.17, 15) is 25.2 Å². The van der Waals surface area contributed by atoms with Crippen molar-refractivity contribution in [2.75, 3.05) is 0 Å². The molecule has 24 heavy (non-hydrogen) atoms. The number of carbonyl (C=O) groups is 1. The SMILES string of the molecule is CC(=O)N[C@H]1[C@H](O[C@H]2[C@H](N)[C@@H](O)C(O)O[C@@H]2C)O[C@H](C)[C@H](O)[C@@H]1O. The molecule has 0 aromatic carbocycles. The lowest BCUT2D eigenvalue weighted by Crippen LogP contribution is -2.67. The molecular formula is C14H26N2O8. The van der Waals surface area contributed by atoms with Crippen LogP contribution in [-0.2, 0) is 19.0 Å². The summed E-state index contributed by atoms with van der Waals surface area (Å²) in [6.45, 7) is 4.41. The fourth-order valence-corrected chi connectivity index (χ4v) is 2.96. The minimum atomic E-state index is -1.43. The Morgan fingerprint density at radius 2 is 1.67 bits per heavy atom. The molecule has 2 saturated heterocycles. The van der Waals surface area contributed by atoms with Crippen LogP contribution in [0.5, 0.6) is 0 Å². The molecule has 0 aromatic heterocycles. The normalized spacial score (nSPS) is 49.7. The molecule has 10 atom stereocenters. The number of carbonyl (C=O) groups excluding carboxylic acids is 1. The van der Waals surface area contributed by atoms with Crippen molar-refractivity contribution in [2.24, 2.45) is 5.73 Å². The van der Waals surface area contributed by atoms with Crippen molar-refractivity contribution in [3.8, 4) is 0 Å². The van der Waals surface area contributed by atoms with Crippen molar-refractivity contribution in [1.29, 1.82) is 0 Å². The average Bonchev–Trinajstić information content (AvgIpc) is 2.50. The number of nitrogens with one attached hydrogen (secondary N) is 1. The maximum atomic E-state index is 11.4. The highest BCUT2D eigenvalue weighted by Crippen LogP contribution is 2.27. The second-order valence-corrected chi connectivity index (χ2v) is 6.32. The number of rotatable bonds is 3. The van der Waals surface area contributed by atoms with Gasteiger partial charge in [0.15, 0.2) is 12.6 Å². The summed E-state index contributed by atoms with van der Waals surface area (Å²) in [5.41, 5.74) is 5.89. The van der Waals surface area contributed by atoms with Gasteiger partial charge in [0.25, 0.3) is 0 Å². The van der Waals surface area contributed by atoms with E-state index in [0.717, 1.165) is 0 Å². The number of aliphatic hydroxyl groups excluding tert-OH is 4. The van der Waals surface area contributed by atoms with Gasteiger partial charge in [0.1, 0.15) is 30.5 Å². The summed E-state index contributed by atoms with van der Waals surface area (Å²) in [4.78, 5) is 11.4. The number of aliphatic hydroxyl groups is 4. The molecule has 0 aromatic rings. The Labute approximate surface area is 139 Å². The molecule has 1 amide bonds. The molecule has 0 bridgehead atoms. The highest BCUT2D eigenvalue weighted by atomic mass is 16.7. The van der Waals surface area contributed by atoms with Gasteiger partial charge in [-0.05, 0) is 13.8 Å². The first-order chi connectivity index (χ1) is 11.1. The monoisotopic (exact) mass is 350 g/mol. The molecule has 2 heterocycles. The van der Waals surface area contributed by atoms with E-state index < -0.39 is 67.2 Å². The zero-order valence-electron chi connectivity index (χ0n) is 13.8. The van der Waals surface area contributed by atoms with Crippen LogP contribution in [0.1, 0.15) is 20.8 Å². The van der Waals surface area contributed by atoms with E-state index in [-0.39, 0.29) is 0 Å². The Morgan fingerprint density at radius 1 is 1.04 bits per heavy atom. The van der Waals surface area contributed by atoms with E-state index >= 15 is 0 Å². The molecule has 10 heteroatoms. The third kappa shape index (κ3) is 3.86. The van der Waals surface area contributed by atoms with Crippen LogP contribution >= 0.6 is 0 Å². The second-order valence-electron chi connectivity index (χ2n) is 6.32. The summed E-state index contributed by atoms with van der Waals surface area (Å²) >= 11 is 0. The molecule has 10 nitrogen and oxygen atoms in total. The van der Waals surface area contributed by atoms with Gasteiger partial charge in [-0.25, -0.2) is 0 Å². The molecule has 1 unspecified atom stereocenters. The van der Waals surface area contributed by atoms with Crippen LogP contribution in [0.4, 0.5) is 0 Å². The molecule has 2 rings (SSSR count). The summed E-state index contributed by atoms with van der Waals surface area (Å²) in [5.74, 6) is -0.439. The van der Waals surface area contributed by atoms with E-state index in [1.807, 2.05) is 0 Å². The molecule has 0 aliphatic carbocycles. The lowest BCUT2D eigenvalue weighted by atomic mass is 9.95. The first-order valence-electron chi connectivity index (χ1n) is 7.84. The molecule has 0 spiro atoms. The number of ether oxygens (including phenoxy) is 3. The molecule has 2 fully saturated rings. The quantitative estimate of drug-likeness (QED) is 0.307. The molecule has 140 valence electrons. The fraction of sp³-hybridized carbons (Fsp3) is 0.929. The van der Waals surface area contributed by atoms with Crippen LogP contribution < -0.4 is 11.1 Å². The van der Waals surface area contributed by atoms with Gasteiger partial charge in [0, 0.05) is 6.92 Å². The van der Waals surface area contributed by atoms with Crippen LogP contribution in [0, 0.1) is 0 Å². The highest BCUT2D eigenvalue weighted by Gasteiger charge is 2.48. The van der Waals surface area contributed by atoms with Gasteiger partial charge in [-0.1, -0.05) is 0 Å². The van der Waals surface area contributed by atoms with Crippen molar-refractivity contribution >= 4 is 5.91 Å². The third-order valence-electron chi connectivity index (χ3n) is 4.38. The van der Waals surface area contributed by atoms with Crippen molar-refractivity contribution in [3.63, 3.8) is 0 Å². The van der Waals surface area contributed by atoms with Crippen molar-refractivity contribution in [2.45, 2.75) is 82.1 Å². The van der Waals surface area contributed by atoms with Gasteiger partial charge in [-0.2, -0.15) is 0 Å². The number of amides is 1. The van der Waals surface area contributed by atoms with Gasteiger partial charge in [0.2, 0.25) is 5.91 Å². The van der Waals surface area contributed by atoms with Crippen LogP contribution in [0.15, 0.2) is 0 Å². The Balaban J connectivity index is 2.16. The summed E-state index contributed by atoms with van der Waals surface area (Å²) in [5, 5.41) is 42.0. The van der Waals surface area contributed by atoms with E-state index in [1.54, 1.807) is 13.8 Å². The summed E-state index contributed by atoms with van der Waals surface area (Å²) in [6.07, 6.45) is -8.70. The Bertz CT molecular complexity index is 452. The lowest BCUT2D eigenvalue weighted by Gasteiger charge is -2.46. The zero-order valence-corrected chi connectivity index (χ0v) is 13.8. The zero-order chi connectivity index (χ0) is 18.2. The first-order valence-corrected chi connectivity index (χ1v) is 7.84. The Hall–Kier alpha value is -0.850. The molecule has 0 saturated carbocycles. The van der Waals surface area contributed by atoms with Crippen LogP contribution in [0.25, 0.3) is 0 Å². The summed E-state index contributed by atoms with van der Waals surface area (Å²) in [6, 6.07) is -2.00. The Morgan fingerprint density at radius 3 is 2.25 bits per heavy atom. The van der Waals surface area contributed by atoms with Gasteiger partial charge in [0.05, 0.1) is 18.2 Å². The first kappa shape index (κ1) is 19.5. The van der Waals surface area contributed by atoms with Gasteiger partial charge < -0.3 is 45.7 Å². The van der Waals surface area contributed by atoms with Crippen LogP contribution in [0.2, 0.25) is 0 Å². The second kappa shape index (κ2) is 7.58. The largest absolute Gasteiger partial charge is 0.388 e. The third-order valence-corrected chi connectivity index (χ3v) is 4.38. The summed E-state index contributed by atoms with van der Waals surface area (Å²) in [7, 11) is 0. The summed E-state index contributed by atoms with van der Waals surface area (Å²) < 4.78 is 16.5. The number of nitrogens with two attached hydrogens (primary N) is 1. The maximum Gasteiger partial charge on any atom is 0.217 e. The molecule has 7 N–H and O–H groups in total. The molecular weight excluding hydrogens is 324 g/mol. The van der Waals surface area contributed by atoms with E-state index in [1.165, 1.54) is 6.92 Å². The standard InChI is InChI=1S/C14H26N2O8/c1-4-9(18)11(20)8(16-6(3)17)14(23-4)24-12-5(2)22-13(21)10(19)7(12)15/h4-5,7-14,18-21H,15H2,1-3H3,(H,16,17)/t4-,5-,7-,8-,9+,10-,11-,12-,13?,14+/m1/s1. The topological polar surface area (TPSA) is 164 Å². The van der Waals surface area contributed by atoms with E-state index in [0.29, 0.717) is 0 Å². The van der Waals surface area contributed by atoms with Gasteiger partial charge >= 0.3 is 0 Å². The fourth-order valence-electron chi connectivity index (χ4n) is 2.96. The predicted molar refractivity (Wildman–Crippen MR) is 79.4 cm³/mol. The van der Waals surface area contributed by atoms with Crippen LogP contribution in [0.3, 0.4) is 0 Å². The van der Waals surface area contributed by atoms with E-state index in [2.05, 4.69) is 5.32 Å². The van der Waals surface area contributed by atoms with Gasteiger partial charge in [-0.15, -0.1) is 0 Å². The molecule has 2 aliphatic heterocycles. The van der Waals surface area contributed by atoms with Crippen molar-refractivity contribution in [1.82, 2.24) is 5.32 Å². The smallest absolute Gasteiger partial charge is 0.217 e. The predicted octanol–water partition coefficient (Wildman–Crippen LogP) is -3.23. The number of hydrogen-bond acceptors (Lipinski definition) is 9. The highest BCUT2D eigenvalue weighted by molar-refractivity contribution is 5.73. The van der Waals surface area contributed by atoms with Crippen molar-refractivity contribution in [3.05, 3.63) is 0 Å². The Kier molecular flexibility index (Phi) is 6.15. The van der Waals surface area contributed by atoms with Gasteiger partial charge in [-0.3, -0.25) is 4.79 Å². The molecule has 0 radical (unpaired) electrons. The average molecular weight is 350 g/mol. The molecule has 2 aliphatic rings.